The minimum Gasteiger partial charge on any atom is -0.324 e. The van der Waals surface area contributed by atoms with Gasteiger partial charge in [-0.3, -0.25) is 9.59 Å². The van der Waals surface area contributed by atoms with Crippen molar-refractivity contribution in [1.82, 2.24) is 9.78 Å². The van der Waals surface area contributed by atoms with E-state index in [0.717, 1.165) is 22.3 Å². The van der Waals surface area contributed by atoms with Gasteiger partial charge in [0.1, 0.15) is 6.04 Å². The van der Waals surface area contributed by atoms with Gasteiger partial charge < -0.3 is 5.32 Å². The van der Waals surface area contributed by atoms with Crippen molar-refractivity contribution in [1.29, 1.82) is 0 Å². The molecule has 0 aliphatic rings. The van der Waals surface area contributed by atoms with Crippen LogP contribution in [0.2, 0.25) is 0 Å². The molecule has 0 radical (unpaired) electrons. The highest BCUT2D eigenvalue weighted by atomic mass is 16.2. The van der Waals surface area contributed by atoms with E-state index >= 15 is 0 Å². The Hall–Kier alpha value is -3.99. The molecule has 5 heteroatoms. The second-order valence-corrected chi connectivity index (χ2v) is 7.44. The first-order valence-corrected chi connectivity index (χ1v) is 10.1. The fraction of sp³-hybridized carbons (Fsp3) is 0.115. The van der Waals surface area contributed by atoms with Crippen LogP contribution in [-0.4, -0.2) is 15.7 Å². The topological polar surface area (TPSA) is 64.0 Å². The Morgan fingerprint density at radius 2 is 1.52 bits per heavy atom. The first-order chi connectivity index (χ1) is 15.0. The Labute approximate surface area is 181 Å². The number of benzene rings is 3. The predicted octanol–water partition coefficient (Wildman–Crippen LogP) is 5.09. The van der Waals surface area contributed by atoms with Crippen LogP contribution >= 0.6 is 0 Å². The maximum atomic E-state index is 13.0. The Morgan fingerprint density at radius 3 is 2.26 bits per heavy atom. The van der Waals surface area contributed by atoms with E-state index in [0.29, 0.717) is 11.4 Å². The van der Waals surface area contributed by atoms with Crippen LogP contribution in [0.25, 0.3) is 22.4 Å². The van der Waals surface area contributed by atoms with Crippen molar-refractivity contribution in [3.8, 4) is 22.4 Å². The molecule has 0 aliphatic heterocycles. The van der Waals surface area contributed by atoms with E-state index in [1.165, 1.54) is 10.7 Å². The fourth-order valence-electron chi connectivity index (χ4n) is 3.39. The van der Waals surface area contributed by atoms with Gasteiger partial charge >= 0.3 is 0 Å². The second kappa shape index (κ2) is 8.79. The molecule has 0 saturated heterocycles. The van der Waals surface area contributed by atoms with Crippen LogP contribution in [0.5, 0.6) is 0 Å². The number of nitrogens with one attached hydrogen (secondary N) is 1. The van der Waals surface area contributed by atoms with Gasteiger partial charge in [0.25, 0.3) is 5.56 Å². The molecule has 1 aromatic heterocycles. The van der Waals surface area contributed by atoms with Crippen LogP contribution in [0.15, 0.2) is 95.8 Å². The minimum absolute atomic E-state index is 0.306. The lowest BCUT2D eigenvalue weighted by molar-refractivity contribution is -0.119. The molecule has 0 saturated carbocycles. The lowest BCUT2D eigenvalue weighted by Crippen LogP contribution is -2.33. The summed E-state index contributed by atoms with van der Waals surface area (Å²) in [5.41, 5.74) is 4.95. The SMILES string of the molecule is Cc1ccc(-c2ccc(=O)n(C(C)C(=O)Nc3ccccc3-c3ccccc3)n2)cc1. The summed E-state index contributed by atoms with van der Waals surface area (Å²) in [4.78, 5) is 25.5. The maximum absolute atomic E-state index is 13.0. The van der Waals surface area contributed by atoms with Crippen LogP contribution < -0.4 is 10.9 Å². The molecule has 5 nitrogen and oxygen atoms in total. The zero-order valence-corrected chi connectivity index (χ0v) is 17.4. The van der Waals surface area contributed by atoms with Crippen LogP contribution in [-0.2, 0) is 4.79 Å². The third-order valence-electron chi connectivity index (χ3n) is 5.19. The first-order valence-electron chi connectivity index (χ1n) is 10.1. The van der Waals surface area contributed by atoms with Crippen LogP contribution in [0.1, 0.15) is 18.5 Å². The molecule has 3 aromatic carbocycles. The molecule has 1 atom stereocenters. The van der Waals surface area contributed by atoms with E-state index < -0.39 is 6.04 Å². The summed E-state index contributed by atoms with van der Waals surface area (Å²) in [6.45, 7) is 3.69. The molecule has 0 bridgehead atoms. The van der Waals surface area contributed by atoms with E-state index in [2.05, 4.69) is 10.4 Å². The summed E-state index contributed by atoms with van der Waals surface area (Å²) in [5.74, 6) is -0.306. The number of anilines is 1. The van der Waals surface area contributed by atoms with Gasteiger partial charge in [-0.1, -0.05) is 78.4 Å². The molecule has 31 heavy (non-hydrogen) atoms. The molecule has 0 fully saturated rings. The standard InChI is InChI=1S/C26H23N3O2/c1-18-12-14-21(15-13-18)23-16-17-25(30)29(28-23)19(2)26(31)27-24-11-7-6-10-22(24)20-8-4-3-5-9-20/h3-17,19H,1-2H3,(H,27,31). The lowest BCUT2D eigenvalue weighted by Gasteiger charge is -2.17. The van der Waals surface area contributed by atoms with Crippen molar-refractivity contribution in [2.24, 2.45) is 0 Å². The molecular formula is C26H23N3O2. The summed E-state index contributed by atoms with van der Waals surface area (Å²) < 4.78 is 1.23. The number of para-hydroxylation sites is 1. The molecular weight excluding hydrogens is 386 g/mol. The van der Waals surface area contributed by atoms with E-state index in [1.54, 1.807) is 13.0 Å². The van der Waals surface area contributed by atoms with Crippen molar-refractivity contribution in [3.05, 3.63) is 107 Å². The highest BCUT2D eigenvalue weighted by molar-refractivity contribution is 5.97. The van der Waals surface area contributed by atoms with Gasteiger partial charge in [0.2, 0.25) is 5.91 Å². The van der Waals surface area contributed by atoms with Crippen LogP contribution in [0.4, 0.5) is 5.69 Å². The quantitative estimate of drug-likeness (QED) is 0.500. The summed E-state index contributed by atoms with van der Waals surface area (Å²) >= 11 is 0. The average molecular weight is 409 g/mol. The third kappa shape index (κ3) is 4.46. The van der Waals surface area contributed by atoms with Crippen molar-refractivity contribution >= 4 is 11.6 Å². The smallest absolute Gasteiger partial charge is 0.267 e. The third-order valence-corrected chi connectivity index (χ3v) is 5.19. The molecule has 154 valence electrons. The van der Waals surface area contributed by atoms with Gasteiger partial charge in [-0.25, -0.2) is 4.68 Å². The van der Waals surface area contributed by atoms with Crippen LogP contribution in [0, 0.1) is 6.92 Å². The summed E-state index contributed by atoms with van der Waals surface area (Å²) in [7, 11) is 0. The lowest BCUT2D eigenvalue weighted by atomic mass is 10.0. The number of hydrogen-bond donors (Lipinski definition) is 1. The highest BCUT2D eigenvalue weighted by Gasteiger charge is 2.19. The molecule has 1 unspecified atom stereocenters. The minimum atomic E-state index is -0.776. The monoisotopic (exact) mass is 409 g/mol. The van der Waals surface area contributed by atoms with Crippen molar-refractivity contribution < 1.29 is 4.79 Å². The molecule has 1 amide bonds. The number of nitrogens with zero attached hydrogens (tertiary/aromatic N) is 2. The number of rotatable bonds is 5. The van der Waals surface area contributed by atoms with Crippen molar-refractivity contribution in [2.75, 3.05) is 5.32 Å². The first kappa shape index (κ1) is 20.3. The fourth-order valence-corrected chi connectivity index (χ4v) is 3.39. The van der Waals surface area contributed by atoms with E-state index in [1.807, 2.05) is 85.8 Å². The van der Waals surface area contributed by atoms with E-state index in [9.17, 15) is 9.59 Å². The van der Waals surface area contributed by atoms with E-state index in [-0.39, 0.29) is 11.5 Å². The molecule has 4 aromatic rings. The largest absolute Gasteiger partial charge is 0.324 e. The maximum Gasteiger partial charge on any atom is 0.267 e. The molecule has 1 N–H and O–H groups in total. The normalized spacial score (nSPS) is 11.7. The predicted molar refractivity (Wildman–Crippen MR) is 124 cm³/mol. The zero-order valence-electron chi connectivity index (χ0n) is 17.4. The van der Waals surface area contributed by atoms with Crippen LogP contribution in [0.3, 0.4) is 0 Å². The molecule has 0 aliphatic carbocycles. The Balaban J connectivity index is 1.62. The molecule has 0 spiro atoms. The molecule has 1 heterocycles. The highest BCUT2D eigenvalue weighted by Crippen LogP contribution is 2.28. The van der Waals surface area contributed by atoms with Gasteiger partial charge in [-0.15, -0.1) is 0 Å². The van der Waals surface area contributed by atoms with Gasteiger partial charge in [0, 0.05) is 22.9 Å². The number of carbonyl (C=O) groups excluding carboxylic acids is 1. The number of amides is 1. The average Bonchev–Trinajstić information content (AvgIpc) is 2.80. The van der Waals surface area contributed by atoms with Gasteiger partial charge in [0.05, 0.1) is 5.69 Å². The second-order valence-electron chi connectivity index (χ2n) is 7.44. The number of aromatic nitrogens is 2. The van der Waals surface area contributed by atoms with Crippen molar-refractivity contribution in [3.63, 3.8) is 0 Å². The Bertz CT molecular complexity index is 1260. The summed E-state index contributed by atoms with van der Waals surface area (Å²) in [6.07, 6.45) is 0. The number of hydrogen-bond acceptors (Lipinski definition) is 3. The van der Waals surface area contributed by atoms with Gasteiger partial charge in [0.15, 0.2) is 0 Å². The van der Waals surface area contributed by atoms with Gasteiger partial charge in [-0.05, 0) is 31.5 Å². The number of aryl methyl sites for hydroxylation is 1. The summed E-state index contributed by atoms with van der Waals surface area (Å²) in [6, 6.07) is 27.7. The molecule has 4 rings (SSSR count). The Kier molecular flexibility index (Phi) is 5.76. The van der Waals surface area contributed by atoms with Gasteiger partial charge in [-0.2, -0.15) is 5.10 Å². The zero-order chi connectivity index (χ0) is 21.8. The summed E-state index contributed by atoms with van der Waals surface area (Å²) in [5, 5.41) is 7.42. The van der Waals surface area contributed by atoms with Crippen molar-refractivity contribution in [2.45, 2.75) is 19.9 Å². The Morgan fingerprint density at radius 1 is 0.839 bits per heavy atom. The number of carbonyl (C=O) groups is 1. The van der Waals surface area contributed by atoms with E-state index in [4.69, 9.17) is 0 Å².